The number of hydrogen-bond acceptors (Lipinski definition) is 2. The van der Waals surface area contributed by atoms with E-state index in [2.05, 4.69) is 27.4 Å². The molecule has 0 aromatic heterocycles. The number of unbranched alkanes of at least 4 members (excludes halogenated alkanes) is 5. The average Bonchev–Trinajstić information content (AvgIpc) is 2.32. The molecule has 0 spiro atoms. The molecule has 0 aliphatic rings. The Labute approximate surface area is 119 Å². The van der Waals surface area contributed by atoms with E-state index in [-0.39, 0.29) is 11.4 Å². The van der Waals surface area contributed by atoms with Gasteiger partial charge in [0, 0.05) is 11.5 Å². The third kappa shape index (κ3) is 6.79. The highest BCUT2D eigenvalue weighted by Crippen LogP contribution is 2.38. The standard InChI is InChI=1S/C17H32O2/c1-7-9-10-11-12-13-14-16(3,4)17(5,6)19-15(18)8-2/h8H,2,7,9-14H2,1,3-6H3. The first-order chi connectivity index (χ1) is 8.77. The Kier molecular flexibility index (Phi) is 8.05. The Morgan fingerprint density at radius 1 is 1.05 bits per heavy atom. The summed E-state index contributed by atoms with van der Waals surface area (Å²) in [4.78, 5) is 11.4. The summed E-state index contributed by atoms with van der Waals surface area (Å²) in [5, 5.41) is 0. The van der Waals surface area contributed by atoms with Crippen molar-refractivity contribution >= 4 is 5.97 Å². The zero-order chi connectivity index (χ0) is 14.9. The molecule has 0 rings (SSSR count). The van der Waals surface area contributed by atoms with E-state index in [1.54, 1.807) is 0 Å². The lowest BCUT2D eigenvalue weighted by Gasteiger charge is -2.40. The smallest absolute Gasteiger partial charge is 0.330 e. The van der Waals surface area contributed by atoms with Crippen molar-refractivity contribution in [3.05, 3.63) is 12.7 Å². The zero-order valence-electron chi connectivity index (χ0n) is 13.6. The number of hydrogen-bond donors (Lipinski definition) is 0. The number of ether oxygens (including phenoxy) is 1. The van der Waals surface area contributed by atoms with E-state index >= 15 is 0 Å². The second kappa shape index (κ2) is 8.39. The van der Waals surface area contributed by atoms with Gasteiger partial charge in [0.05, 0.1) is 0 Å². The van der Waals surface area contributed by atoms with Gasteiger partial charge >= 0.3 is 5.97 Å². The maximum Gasteiger partial charge on any atom is 0.330 e. The molecule has 0 heterocycles. The monoisotopic (exact) mass is 268 g/mol. The van der Waals surface area contributed by atoms with Gasteiger partial charge in [-0.2, -0.15) is 0 Å². The van der Waals surface area contributed by atoms with Crippen LogP contribution >= 0.6 is 0 Å². The Balaban J connectivity index is 4.13. The molecule has 0 amide bonds. The van der Waals surface area contributed by atoms with Crippen LogP contribution in [0.2, 0.25) is 0 Å². The zero-order valence-corrected chi connectivity index (χ0v) is 13.6. The van der Waals surface area contributed by atoms with Gasteiger partial charge in [-0.05, 0) is 20.3 Å². The molecule has 0 saturated heterocycles. The number of esters is 1. The number of carbonyl (C=O) groups excluding carboxylic acids is 1. The van der Waals surface area contributed by atoms with Gasteiger partial charge in [0.25, 0.3) is 0 Å². The van der Waals surface area contributed by atoms with Crippen LogP contribution in [0.25, 0.3) is 0 Å². The van der Waals surface area contributed by atoms with Crippen molar-refractivity contribution in [3.8, 4) is 0 Å². The Bertz CT molecular complexity index is 277. The molecule has 0 aromatic carbocycles. The molecule has 0 unspecified atom stereocenters. The summed E-state index contributed by atoms with van der Waals surface area (Å²) in [5.41, 5.74) is -0.474. The van der Waals surface area contributed by atoms with Crippen molar-refractivity contribution in [1.29, 1.82) is 0 Å². The molecule has 0 aromatic rings. The van der Waals surface area contributed by atoms with Crippen LogP contribution in [0.15, 0.2) is 12.7 Å². The first-order valence-electron chi connectivity index (χ1n) is 7.62. The van der Waals surface area contributed by atoms with E-state index in [4.69, 9.17) is 4.74 Å². The molecule has 19 heavy (non-hydrogen) atoms. The lowest BCUT2D eigenvalue weighted by atomic mass is 9.73. The minimum Gasteiger partial charge on any atom is -0.456 e. The largest absolute Gasteiger partial charge is 0.456 e. The van der Waals surface area contributed by atoms with Crippen LogP contribution in [0.5, 0.6) is 0 Å². The summed E-state index contributed by atoms with van der Waals surface area (Å²) in [6, 6.07) is 0. The van der Waals surface area contributed by atoms with Crippen molar-refractivity contribution in [2.24, 2.45) is 5.41 Å². The number of carbonyl (C=O) groups is 1. The van der Waals surface area contributed by atoms with Crippen LogP contribution in [0, 0.1) is 5.41 Å². The van der Waals surface area contributed by atoms with Crippen molar-refractivity contribution < 1.29 is 9.53 Å². The van der Waals surface area contributed by atoms with E-state index in [1.807, 2.05) is 13.8 Å². The van der Waals surface area contributed by atoms with Crippen LogP contribution in [0.3, 0.4) is 0 Å². The molecule has 0 fully saturated rings. The van der Waals surface area contributed by atoms with E-state index in [9.17, 15) is 4.79 Å². The second-order valence-electron chi connectivity index (χ2n) is 6.54. The molecule has 0 aliphatic carbocycles. The maximum absolute atomic E-state index is 11.4. The maximum atomic E-state index is 11.4. The third-order valence-electron chi connectivity index (χ3n) is 4.31. The van der Waals surface area contributed by atoms with Gasteiger partial charge in [-0.15, -0.1) is 0 Å². The summed E-state index contributed by atoms with van der Waals surface area (Å²) in [5.74, 6) is -0.332. The van der Waals surface area contributed by atoms with Gasteiger partial charge in [0.15, 0.2) is 0 Å². The topological polar surface area (TPSA) is 26.3 Å². The minimum absolute atomic E-state index is 0.0174. The van der Waals surface area contributed by atoms with Crippen molar-refractivity contribution in [2.75, 3.05) is 0 Å². The van der Waals surface area contributed by atoms with Gasteiger partial charge in [0.2, 0.25) is 0 Å². The van der Waals surface area contributed by atoms with Crippen LogP contribution in [0.1, 0.15) is 79.6 Å². The van der Waals surface area contributed by atoms with Crippen LogP contribution < -0.4 is 0 Å². The Morgan fingerprint density at radius 3 is 2.11 bits per heavy atom. The van der Waals surface area contributed by atoms with E-state index < -0.39 is 5.60 Å². The molecule has 0 saturated carbocycles. The highest BCUT2D eigenvalue weighted by Gasteiger charge is 2.39. The molecule has 0 atom stereocenters. The van der Waals surface area contributed by atoms with Gasteiger partial charge in [-0.25, -0.2) is 4.79 Å². The van der Waals surface area contributed by atoms with Crippen LogP contribution in [-0.2, 0) is 9.53 Å². The molecule has 112 valence electrons. The summed E-state index contributed by atoms with van der Waals surface area (Å²) in [6.45, 7) is 14.0. The highest BCUT2D eigenvalue weighted by atomic mass is 16.6. The molecular formula is C17H32O2. The Morgan fingerprint density at radius 2 is 1.58 bits per heavy atom. The van der Waals surface area contributed by atoms with Gasteiger partial charge in [-0.1, -0.05) is 65.9 Å². The van der Waals surface area contributed by atoms with Gasteiger partial charge in [0.1, 0.15) is 5.60 Å². The molecule has 2 nitrogen and oxygen atoms in total. The van der Waals surface area contributed by atoms with Crippen molar-refractivity contribution in [1.82, 2.24) is 0 Å². The van der Waals surface area contributed by atoms with E-state index in [0.717, 1.165) is 6.42 Å². The van der Waals surface area contributed by atoms with Crippen LogP contribution in [-0.4, -0.2) is 11.6 Å². The summed E-state index contributed by atoms with van der Waals surface area (Å²) < 4.78 is 5.49. The first-order valence-corrected chi connectivity index (χ1v) is 7.62. The van der Waals surface area contributed by atoms with Crippen LogP contribution in [0.4, 0.5) is 0 Å². The lowest BCUT2D eigenvalue weighted by molar-refractivity contribution is -0.162. The lowest BCUT2D eigenvalue weighted by Crippen LogP contribution is -2.43. The molecule has 0 aliphatic heterocycles. The normalized spacial score (nSPS) is 12.3. The SMILES string of the molecule is C=CC(=O)OC(C)(C)C(C)(C)CCCCCCCC. The van der Waals surface area contributed by atoms with E-state index in [1.165, 1.54) is 44.6 Å². The van der Waals surface area contributed by atoms with Crippen molar-refractivity contribution in [3.63, 3.8) is 0 Å². The fraction of sp³-hybridized carbons (Fsp3) is 0.824. The summed E-state index contributed by atoms with van der Waals surface area (Å²) in [6.07, 6.45) is 10.1. The molecular weight excluding hydrogens is 236 g/mol. The average molecular weight is 268 g/mol. The third-order valence-corrected chi connectivity index (χ3v) is 4.31. The quantitative estimate of drug-likeness (QED) is 0.306. The second-order valence-corrected chi connectivity index (χ2v) is 6.54. The highest BCUT2D eigenvalue weighted by molar-refractivity contribution is 5.81. The fourth-order valence-electron chi connectivity index (χ4n) is 2.08. The fourth-order valence-corrected chi connectivity index (χ4v) is 2.08. The molecule has 0 radical (unpaired) electrons. The predicted molar refractivity (Wildman–Crippen MR) is 82.1 cm³/mol. The van der Waals surface area contributed by atoms with Crippen molar-refractivity contribution in [2.45, 2.75) is 85.2 Å². The summed E-state index contributed by atoms with van der Waals surface area (Å²) >= 11 is 0. The number of rotatable bonds is 10. The van der Waals surface area contributed by atoms with Gasteiger partial charge in [-0.3, -0.25) is 0 Å². The summed E-state index contributed by atoms with van der Waals surface area (Å²) in [7, 11) is 0. The van der Waals surface area contributed by atoms with Gasteiger partial charge < -0.3 is 4.74 Å². The molecule has 0 N–H and O–H groups in total. The first kappa shape index (κ1) is 18.2. The Hall–Kier alpha value is -0.790. The predicted octanol–water partition coefficient (Wildman–Crippen LogP) is 5.27. The minimum atomic E-state index is -0.457. The molecule has 0 bridgehead atoms. The van der Waals surface area contributed by atoms with E-state index in [0.29, 0.717) is 0 Å². The molecule has 2 heteroatoms.